The summed E-state index contributed by atoms with van der Waals surface area (Å²) in [7, 11) is 0. The number of carbonyl (C=O) groups is 1. The van der Waals surface area contributed by atoms with Crippen molar-refractivity contribution in [3.63, 3.8) is 0 Å². The van der Waals surface area contributed by atoms with Crippen LogP contribution in [0.25, 0.3) is 0 Å². The minimum Gasteiger partial charge on any atom is -0.493 e. The van der Waals surface area contributed by atoms with E-state index in [0.717, 1.165) is 0 Å². The molecular weight excluding hydrogens is 266 g/mol. The summed E-state index contributed by atoms with van der Waals surface area (Å²) in [5, 5.41) is 11.9. The maximum atomic E-state index is 12.2. The Labute approximate surface area is 127 Å². The molecule has 0 spiro atoms. The second-order valence-corrected chi connectivity index (χ2v) is 6.55. The van der Waals surface area contributed by atoms with Crippen LogP contribution in [-0.4, -0.2) is 30.8 Å². The number of hydrogen-bond donors (Lipinski definition) is 2. The van der Waals surface area contributed by atoms with Crippen molar-refractivity contribution in [3.05, 3.63) is 29.8 Å². The van der Waals surface area contributed by atoms with Crippen molar-refractivity contribution < 1.29 is 14.6 Å². The molecule has 0 aromatic heterocycles. The number of hydrogen-bond acceptors (Lipinski definition) is 3. The zero-order valence-corrected chi connectivity index (χ0v) is 13.5. The predicted octanol–water partition coefficient (Wildman–Crippen LogP) is 2.86. The van der Waals surface area contributed by atoms with Gasteiger partial charge in [-0.05, 0) is 36.0 Å². The number of aliphatic hydroxyl groups is 1. The summed E-state index contributed by atoms with van der Waals surface area (Å²) in [5.74, 6) is 1.05. The lowest BCUT2D eigenvalue weighted by Gasteiger charge is -2.23. The topological polar surface area (TPSA) is 58.6 Å². The summed E-state index contributed by atoms with van der Waals surface area (Å²) >= 11 is 0. The molecule has 0 saturated heterocycles. The zero-order valence-electron chi connectivity index (χ0n) is 13.5. The molecule has 4 heteroatoms. The fourth-order valence-electron chi connectivity index (χ4n) is 1.80. The number of rotatable bonds is 8. The summed E-state index contributed by atoms with van der Waals surface area (Å²) in [6, 6.07) is 7.21. The predicted molar refractivity (Wildman–Crippen MR) is 84.6 cm³/mol. The van der Waals surface area contributed by atoms with Crippen molar-refractivity contribution in [1.29, 1.82) is 0 Å². The molecular formula is C17H27NO3. The van der Waals surface area contributed by atoms with Crippen molar-refractivity contribution in [3.8, 4) is 5.75 Å². The average molecular weight is 293 g/mol. The van der Waals surface area contributed by atoms with Gasteiger partial charge in [-0.3, -0.25) is 4.79 Å². The molecule has 0 saturated carbocycles. The summed E-state index contributed by atoms with van der Waals surface area (Å²) < 4.78 is 5.63. The highest BCUT2D eigenvalue weighted by Gasteiger charge is 2.18. The third kappa shape index (κ3) is 6.63. The molecule has 0 aliphatic heterocycles. The van der Waals surface area contributed by atoms with E-state index >= 15 is 0 Å². The molecule has 0 heterocycles. The van der Waals surface area contributed by atoms with Gasteiger partial charge in [0.15, 0.2) is 0 Å². The standard InChI is InChI=1S/C17H27NO3/c1-13(2)11-21-15-7-5-6-14(10-15)16(20)18-12-17(3,4)8-9-19/h5-7,10,13,19H,8-9,11-12H2,1-4H3,(H,18,20). The van der Waals surface area contributed by atoms with Gasteiger partial charge in [0.25, 0.3) is 5.91 Å². The third-order valence-corrected chi connectivity index (χ3v) is 3.20. The van der Waals surface area contributed by atoms with Crippen molar-refractivity contribution in [2.24, 2.45) is 11.3 Å². The summed E-state index contributed by atoms with van der Waals surface area (Å²) in [6.45, 7) is 9.50. The van der Waals surface area contributed by atoms with Gasteiger partial charge in [-0.25, -0.2) is 0 Å². The van der Waals surface area contributed by atoms with E-state index in [1.165, 1.54) is 0 Å². The van der Waals surface area contributed by atoms with E-state index in [1.807, 2.05) is 26.0 Å². The van der Waals surface area contributed by atoms with Crippen molar-refractivity contribution in [2.75, 3.05) is 19.8 Å². The number of ether oxygens (including phenoxy) is 1. The molecule has 0 unspecified atom stereocenters. The lowest BCUT2D eigenvalue weighted by Crippen LogP contribution is -2.34. The van der Waals surface area contributed by atoms with Gasteiger partial charge >= 0.3 is 0 Å². The monoisotopic (exact) mass is 293 g/mol. The first kappa shape index (κ1) is 17.5. The molecule has 0 atom stereocenters. The minimum absolute atomic E-state index is 0.115. The van der Waals surface area contributed by atoms with Crippen LogP contribution in [0.1, 0.15) is 44.5 Å². The number of aliphatic hydroxyl groups excluding tert-OH is 1. The van der Waals surface area contributed by atoms with Crippen LogP contribution in [0, 0.1) is 11.3 Å². The lowest BCUT2D eigenvalue weighted by atomic mass is 9.89. The van der Waals surface area contributed by atoms with Gasteiger partial charge < -0.3 is 15.2 Å². The minimum atomic E-state index is -0.115. The Morgan fingerprint density at radius 3 is 2.71 bits per heavy atom. The van der Waals surface area contributed by atoms with Crippen LogP contribution in [0.15, 0.2) is 24.3 Å². The van der Waals surface area contributed by atoms with E-state index in [-0.39, 0.29) is 17.9 Å². The molecule has 1 rings (SSSR count). The Hall–Kier alpha value is -1.55. The summed E-state index contributed by atoms with van der Waals surface area (Å²) in [5.41, 5.74) is 0.479. The van der Waals surface area contributed by atoms with Gasteiger partial charge in [-0.1, -0.05) is 33.8 Å². The van der Waals surface area contributed by atoms with E-state index in [0.29, 0.717) is 36.8 Å². The molecule has 1 amide bonds. The summed E-state index contributed by atoms with van der Waals surface area (Å²) in [6.07, 6.45) is 0.658. The number of nitrogens with one attached hydrogen (secondary N) is 1. The van der Waals surface area contributed by atoms with E-state index in [9.17, 15) is 4.79 Å². The summed E-state index contributed by atoms with van der Waals surface area (Å²) in [4.78, 5) is 12.2. The van der Waals surface area contributed by atoms with Crippen LogP contribution >= 0.6 is 0 Å². The first-order valence-corrected chi connectivity index (χ1v) is 7.46. The largest absolute Gasteiger partial charge is 0.493 e. The zero-order chi connectivity index (χ0) is 15.9. The Morgan fingerprint density at radius 1 is 1.38 bits per heavy atom. The fourth-order valence-corrected chi connectivity index (χ4v) is 1.80. The van der Waals surface area contributed by atoms with Gasteiger partial charge in [0.2, 0.25) is 0 Å². The van der Waals surface area contributed by atoms with Crippen LogP contribution in [0.3, 0.4) is 0 Å². The molecule has 0 fully saturated rings. The van der Waals surface area contributed by atoms with Crippen LogP contribution in [-0.2, 0) is 0 Å². The van der Waals surface area contributed by atoms with Gasteiger partial charge in [-0.15, -0.1) is 0 Å². The second kappa shape index (κ2) is 8.03. The highest BCUT2D eigenvalue weighted by molar-refractivity contribution is 5.94. The van der Waals surface area contributed by atoms with Gasteiger partial charge in [0.05, 0.1) is 6.61 Å². The molecule has 2 N–H and O–H groups in total. The van der Waals surface area contributed by atoms with E-state index in [2.05, 4.69) is 19.2 Å². The highest BCUT2D eigenvalue weighted by Crippen LogP contribution is 2.19. The number of amides is 1. The molecule has 1 aromatic carbocycles. The van der Waals surface area contributed by atoms with E-state index < -0.39 is 0 Å². The number of benzene rings is 1. The maximum absolute atomic E-state index is 12.2. The van der Waals surface area contributed by atoms with E-state index in [1.54, 1.807) is 12.1 Å². The van der Waals surface area contributed by atoms with Gasteiger partial charge in [0.1, 0.15) is 5.75 Å². The van der Waals surface area contributed by atoms with Crippen molar-refractivity contribution >= 4 is 5.91 Å². The molecule has 0 aliphatic rings. The molecule has 21 heavy (non-hydrogen) atoms. The Morgan fingerprint density at radius 2 is 2.10 bits per heavy atom. The molecule has 0 aliphatic carbocycles. The van der Waals surface area contributed by atoms with Gasteiger partial charge in [0, 0.05) is 18.7 Å². The molecule has 0 bridgehead atoms. The Kier molecular flexibility index (Phi) is 6.69. The first-order valence-electron chi connectivity index (χ1n) is 7.46. The maximum Gasteiger partial charge on any atom is 0.251 e. The average Bonchev–Trinajstić information content (AvgIpc) is 2.43. The fraction of sp³-hybridized carbons (Fsp3) is 0.588. The van der Waals surface area contributed by atoms with Crippen molar-refractivity contribution in [2.45, 2.75) is 34.1 Å². The van der Waals surface area contributed by atoms with Crippen LogP contribution in [0.5, 0.6) is 5.75 Å². The smallest absolute Gasteiger partial charge is 0.251 e. The van der Waals surface area contributed by atoms with E-state index in [4.69, 9.17) is 9.84 Å². The lowest BCUT2D eigenvalue weighted by molar-refractivity contribution is 0.0927. The SMILES string of the molecule is CC(C)COc1cccc(C(=O)NCC(C)(C)CCO)c1. The van der Waals surface area contributed by atoms with Crippen LogP contribution < -0.4 is 10.1 Å². The molecule has 118 valence electrons. The Balaban J connectivity index is 2.60. The first-order chi connectivity index (χ1) is 9.84. The van der Waals surface area contributed by atoms with Gasteiger partial charge in [-0.2, -0.15) is 0 Å². The highest BCUT2D eigenvalue weighted by atomic mass is 16.5. The second-order valence-electron chi connectivity index (χ2n) is 6.55. The third-order valence-electron chi connectivity index (χ3n) is 3.20. The molecule has 1 aromatic rings. The Bertz CT molecular complexity index is 455. The molecule has 4 nitrogen and oxygen atoms in total. The van der Waals surface area contributed by atoms with Crippen LogP contribution in [0.4, 0.5) is 0 Å². The molecule has 0 radical (unpaired) electrons. The normalized spacial score (nSPS) is 11.5. The van der Waals surface area contributed by atoms with Crippen LogP contribution in [0.2, 0.25) is 0 Å². The van der Waals surface area contributed by atoms with Crippen molar-refractivity contribution in [1.82, 2.24) is 5.32 Å². The quantitative estimate of drug-likeness (QED) is 0.775. The number of carbonyl (C=O) groups excluding carboxylic acids is 1.